The van der Waals surface area contributed by atoms with Gasteiger partial charge in [0.15, 0.2) is 17.5 Å². The van der Waals surface area contributed by atoms with Crippen LogP contribution in [-0.2, 0) is 0 Å². The molecule has 2 heterocycles. The molecule has 0 saturated carbocycles. The van der Waals surface area contributed by atoms with Crippen molar-refractivity contribution in [2.45, 2.75) is 0 Å². The fourth-order valence-corrected chi connectivity index (χ4v) is 8.21. The first-order valence-corrected chi connectivity index (χ1v) is 20.1. The zero-order valence-electron chi connectivity index (χ0n) is 32.5. The minimum absolute atomic E-state index is 0.595. The fourth-order valence-electron chi connectivity index (χ4n) is 8.21. The van der Waals surface area contributed by atoms with Crippen LogP contribution < -0.4 is 4.90 Å². The highest BCUT2D eigenvalue weighted by atomic mass is 16.3. The Morgan fingerprint density at radius 2 is 0.817 bits per heavy atom. The number of benzene rings is 9. The van der Waals surface area contributed by atoms with Crippen LogP contribution in [-0.4, -0.2) is 15.0 Å². The minimum atomic E-state index is 0.595. The number of hydrogen-bond donors (Lipinski definition) is 0. The van der Waals surface area contributed by atoms with Crippen molar-refractivity contribution in [2.24, 2.45) is 0 Å². The summed E-state index contributed by atoms with van der Waals surface area (Å²) in [4.78, 5) is 17.6. The minimum Gasteiger partial charge on any atom is -0.456 e. The maximum Gasteiger partial charge on any atom is 0.164 e. The lowest BCUT2D eigenvalue weighted by Gasteiger charge is -2.26. The second-order valence-corrected chi connectivity index (χ2v) is 14.8. The van der Waals surface area contributed by atoms with Crippen LogP contribution in [0.25, 0.3) is 89.1 Å². The van der Waals surface area contributed by atoms with Crippen LogP contribution >= 0.6 is 0 Å². The molecule has 0 amide bonds. The smallest absolute Gasteiger partial charge is 0.164 e. The van der Waals surface area contributed by atoms with Crippen LogP contribution in [0.3, 0.4) is 0 Å². The van der Waals surface area contributed by atoms with Crippen molar-refractivity contribution in [2.75, 3.05) is 4.90 Å². The van der Waals surface area contributed by atoms with E-state index in [4.69, 9.17) is 19.4 Å². The number of nitrogens with zero attached hydrogens (tertiary/aromatic N) is 4. The summed E-state index contributed by atoms with van der Waals surface area (Å²) in [6, 6.07) is 75.8. The third-order valence-electron chi connectivity index (χ3n) is 11.1. The third kappa shape index (κ3) is 6.45. The topological polar surface area (TPSA) is 55.1 Å². The Balaban J connectivity index is 0.971. The molecule has 0 aliphatic heterocycles. The van der Waals surface area contributed by atoms with E-state index in [9.17, 15) is 0 Å². The molecule has 5 heteroatoms. The lowest BCUT2D eigenvalue weighted by atomic mass is 10.0. The Labute approximate surface area is 347 Å². The van der Waals surface area contributed by atoms with Gasteiger partial charge in [0.2, 0.25) is 0 Å². The summed E-state index contributed by atoms with van der Waals surface area (Å²) in [6.45, 7) is 0. The molecular weight excluding hydrogens is 733 g/mol. The summed E-state index contributed by atoms with van der Waals surface area (Å²) >= 11 is 0. The molecule has 0 fully saturated rings. The number of aromatic nitrogens is 3. The Bertz CT molecular complexity index is 3290. The van der Waals surface area contributed by atoms with E-state index in [0.717, 1.165) is 77.6 Å². The molecule has 0 spiro atoms. The van der Waals surface area contributed by atoms with Gasteiger partial charge in [-0.3, -0.25) is 0 Å². The van der Waals surface area contributed by atoms with E-state index >= 15 is 0 Å². The van der Waals surface area contributed by atoms with E-state index in [2.05, 4.69) is 175 Å². The van der Waals surface area contributed by atoms with Crippen molar-refractivity contribution < 1.29 is 4.42 Å². The van der Waals surface area contributed by atoms with Gasteiger partial charge in [-0.25, -0.2) is 15.0 Å². The normalized spacial score (nSPS) is 11.3. The van der Waals surface area contributed by atoms with Crippen molar-refractivity contribution in [3.05, 3.63) is 218 Å². The van der Waals surface area contributed by atoms with E-state index in [1.807, 2.05) is 48.5 Å². The van der Waals surface area contributed by atoms with Gasteiger partial charge in [0, 0.05) is 44.5 Å². The van der Waals surface area contributed by atoms with E-state index in [0.29, 0.717) is 17.5 Å². The number of rotatable bonds is 8. The van der Waals surface area contributed by atoms with Crippen LogP contribution in [0.2, 0.25) is 0 Å². The molecule has 0 saturated heterocycles. The molecule has 0 bridgehead atoms. The monoisotopic (exact) mass is 768 g/mol. The largest absolute Gasteiger partial charge is 0.456 e. The van der Waals surface area contributed by atoms with Crippen molar-refractivity contribution in [3.8, 4) is 56.4 Å². The Morgan fingerprint density at radius 1 is 0.317 bits per heavy atom. The first-order valence-electron chi connectivity index (χ1n) is 20.1. The van der Waals surface area contributed by atoms with Crippen LogP contribution in [0.5, 0.6) is 0 Å². The predicted molar refractivity (Wildman–Crippen MR) is 246 cm³/mol. The first kappa shape index (κ1) is 35.0. The maximum absolute atomic E-state index is 6.60. The second-order valence-electron chi connectivity index (χ2n) is 14.8. The van der Waals surface area contributed by atoms with E-state index in [1.165, 1.54) is 11.1 Å². The number of para-hydroxylation sites is 1. The van der Waals surface area contributed by atoms with Gasteiger partial charge in [0.25, 0.3) is 0 Å². The lowest BCUT2D eigenvalue weighted by Crippen LogP contribution is -2.09. The predicted octanol–water partition coefficient (Wildman–Crippen LogP) is 14.7. The molecule has 0 N–H and O–H groups in total. The molecule has 11 rings (SSSR count). The number of anilines is 3. The summed E-state index contributed by atoms with van der Waals surface area (Å²) in [6.07, 6.45) is 0. The molecule has 5 nitrogen and oxygen atoms in total. The highest BCUT2D eigenvalue weighted by Crippen LogP contribution is 2.40. The number of fused-ring (bicyclic) bond motifs is 4. The van der Waals surface area contributed by atoms with Crippen LogP contribution in [0.15, 0.2) is 223 Å². The van der Waals surface area contributed by atoms with Gasteiger partial charge in [-0.1, -0.05) is 164 Å². The molecule has 11 aromatic rings. The fraction of sp³-hybridized carbons (Fsp3) is 0. The molecule has 9 aromatic carbocycles. The van der Waals surface area contributed by atoms with Gasteiger partial charge in [-0.2, -0.15) is 0 Å². The number of furan rings is 1. The standard InChI is InChI=1S/C55H36N4O/c1-4-14-37(15-5-1)38-26-31-44(32-27-38)59(43-20-8-3-9-21-43)45-33-28-39(29-34-45)42-30-35-48-51(36-42)60-50-25-13-24-49(52(48)50)55-57-53(41-17-6-2-7-18-41)56-54(58-55)47-23-12-19-40-16-10-11-22-46(40)47/h1-36H. The Kier molecular flexibility index (Phi) is 8.75. The molecule has 282 valence electrons. The molecular formula is C55H36N4O. The van der Waals surface area contributed by atoms with Crippen LogP contribution in [0, 0.1) is 0 Å². The Hall–Kier alpha value is -8.15. The quantitative estimate of drug-likeness (QED) is 0.154. The van der Waals surface area contributed by atoms with Crippen LogP contribution in [0.1, 0.15) is 0 Å². The highest BCUT2D eigenvalue weighted by molar-refractivity contribution is 6.12. The van der Waals surface area contributed by atoms with E-state index in [-0.39, 0.29) is 0 Å². The molecule has 2 aromatic heterocycles. The molecule has 0 atom stereocenters. The van der Waals surface area contributed by atoms with Crippen molar-refractivity contribution in [1.82, 2.24) is 15.0 Å². The zero-order chi connectivity index (χ0) is 39.8. The Morgan fingerprint density at radius 3 is 1.53 bits per heavy atom. The molecule has 60 heavy (non-hydrogen) atoms. The van der Waals surface area contributed by atoms with Crippen molar-refractivity contribution in [1.29, 1.82) is 0 Å². The molecule has 0 aliphatic rings. The SMILES string of the molecule is c1ccc(-c2ccc(N(c3ccccc3)c3ccc(-c4ccc5c(c4)oc4cccc(-c6nc(-c7ccccc7)nc(-c7cccc8ccccc78)n6)c45)cc3)cc2)cc1. The van der Waals surface area contributed by atoms with Crippen LogP contribution in [0.4, 0.5) is 17.1 Å². The zero-order valence-corrected chi connectivity index (χ0v) is 32.5. The average Bonchev–Trinajstić information content (AvgIpc) is 3.71. The van der Waals surface area contributed by atoms with E-state index in [1.54, 1.807) is 0 Å². The lowest BCUT2D eigenvalue weighted by molar-refractivity contribution is 0.669. The van der Waals surface area contributed by atoms with Crippen molar-refractivity contribution in [3.63, 3.8) is 0 Å². The van der Waals surface area contributed by atoms with Gasteiger partial charge in [-0.05, 0) is 87.6 Å². The maximum atomic E-state index is 6.60. The summed E-state index contributed by atoms with van der Waals surface area (Å²) in [7, 11) is 0. The number of hydrogen-bond acceptors (Lipinski definition) is 5. The van der Waals surface area contributed by atoms with Crippen molar-refractivity contribution >= 4 is 49.8 Å². The summed E-state index contributed by atoms with van der Waals surface area (Å²) in [5.41, 5.74) is 12.2. The van der Waals surface area contributed by atoms with Gasteiger partial charge in [-0.15, -0.1) is 0 Å². The third-order valence-corrected chi connectivity index (χ3v) is 11.1. The highest BCUT2D eigenvalue weighted by Gasteiger charge is 2.19. The second kappa shape index (κ2) is 15.0. The molecule has 0 unspecified atom stereocenters. The summed E-state index contributed by atoms with van der Waals surface area (Å²) < 4.78 is 6.60. The van der Waals surface area contributed by atoms with Gasteiger partial charge >= 0.3 is 0 Å². The van der Waals surface area contributed by atoms with Gasteiger partial charge in [0.1, 0.15) is 11.2 Å². The average molecular weight is 769 g/mol. The first-order chi connectivity index (χ1) is 29.7. The van der Waals surface area contributed by atoms with Gasteiger partial charge < -0.3 is 9.32 Å². The van der Waals surface area contributed by atoms with E-state index < -0.39 is 0 Å². The summed E-state index contributed by atoms with van der Waals surface area (Å²) in [5, 5.41) is 4.20. The molecule has 0 radical (unpaired) electrons. The summed E-state index contributed by atoms with van der Waals surface area (Å²) in [5.74, 6) is 1.84. The molecule has 0 aliphatic carbocycles. The van der Waals surface area contributed by atoms with Gasteiger partial charge in [0.05, 0.1) is 0 Å².